The molecule has 0 saturated heterocycles. The van der Waals surface area contributed by atoms with Crippen molar-refractivity contribution >= 4 is 6.08 Å². The molecule has 3 heterocycles. The van der Waals surface area contributed by atoms with Crippen LogP contribution in [0.3, 0.4) is 0 Å². The van der Waals surface area contributed by atoms with Gasteiger partial charge in [0.1, 0.15) is 11.4 Å². The first-order chi connectivity index (χ1) is 15.9. The summed E-state index contributed by atoms with van der Waals surface area (Å²) in [7, 11) is 1.92. The van der Waals surface area contributed by atoms with E-state index in [-0.39, 0.29) is 11.6 Å². The van der Waals surface area contributed by atoms with E-state index in [2.05, 4.69) is 34.2 Å². The van der Waals surface area contributed by atoms with Crippen molar-refractivity contribution < 1.29 is 4.52 Å². The van der Waals surface area contributed by atoms with E-state index in [0.717, 1.165) is 29.1 Å². The smallest absolute Gasteiger partial charge is 0.258 e. The lowest BCUT2D eigenvalue weighted by atomic mass is 10.1. The highest BCUT2D eigenvalue weighted by Crippen LogP contribution is 2.28. The number of pyridine rings is 1. The third-order valence-corrected chi connectivity index (χ3v) is 5.47. The van der Waals surface area contributed by atoms with Crippen LogP contribution in [-0.4, -0.2) is 26.7 Å². The maximum atomic E-state index is 12.6. The summed E-state index contributed by atoms with van der Waals surface area (Å²) in [6.07, 6.45) is 5.08. The van der Waals surface area contributed by atoms with Gasteiger partial charge < -0.3 is 14.4 Å². The molecule has 4 rings (SSSR count). The van der Waals surface area contributed by atoms with Crippen molar-refractivity contribution in [2.75, 3.05) is 7.05 Å². The highest BCUT2D eigenvalue weighted by molar-refractivity contribution is 5.69. The molecule has 4 aromatic rings. The molecule has 0 fully saturated rings. The Morgan fingerprint density at radius 2 is 1.91 bits per heavy atom. The minimum Gasteiger partial charge on any atom is -0.354 e. The van der Waals surface area contributed by atoms with Crippen LogP contribution in [0.2, 0.25) is 0 Å². The predicted octanol–water partition coefficient (Wildman–Crippen LogP) is 4.88. The normalized spacial score (nSPS) is 11.2. The van der Waals surface area contributed by atoms with Crippen molar-refractivity contribution in [1.29, 1.82) is 0 Å². The number of rotatable bonds is 7. The first-order valence-electron chi connectivity index (χ1n) is 10.8. The van der Waals surface area contributed by atoms with Gasteiger partial charge in [-0.1, -0.05) is 42.1 Å². The zero-order valence-corrected chi connectivity index (χ0v) is 19.3. The van der Waals surface area contributed by atoms with Crippen molar-refractivity contribution in [1.82, 2.24) is 25.0 Å². The summed E-state index contributed by atoms with van der Waals surface area (Å²) < 4.78 is 7.32. The average Bonchev–Trinajstić information content (AvgIpc) is 3.30. The van der Waals surface area contributed by atoms with E-state index in [0.29, 0.717) is 22.7 Å². The number of nitrogens with zero attached hydrogens (tertiary/aromatic N) is 4. The van der Waals surface area contributed by atoms with Crippen LogP contribution >= 0.6 is 0 Å². The highest BCUT2D eigenvalue weighted by atomic mass is 16.5. The van der Waals surface area contributed by atoms with Crippen molar-refractivity contribution in [3.05, 3.63) is 82.5 Å². The summed E-state index contributed by atoms with van der Waals surface area (Å²) >= 11 is 0. The molecule has 0 atom stereocenters. The molecule has 1 aromatic carbocycles. The second-order valence-electron chi connectivity index (χ2n) is 8.19. The van der Waals surface area contributed by atoms with Crippen molar-refractivity contribution in [3.63, 3.8) is 0 Å². The summed E-state index contributed by atoms with van der Waals surface area (Å²) in [6, 6.07) is 11.8. The number of aromatic nitrogens is 4. The molecule has 0 bridgehead atoms. The fourth-order valence-electron chi connectivity index (χ4n) is 3.64. The second kappa shape index (κ2) is 9.34. The molecule has 7 nitrogen and oxygen atoms in total. The van der Waals surface area contributed by atoms with Crippen LogP contribution in [0.4, 0.5) is 0 Å². The Labute approximate surface area is 192 Å². The maximum absolute atomic E-state index is 12.6. The minimum absolute atomic E-state index is 0.00496. The van der Waals surface area contributed by atoms with Gasteiger partial charge in [0.15, 0.2) is 5.76 Å². The zero-order chi connectivity index (χ0) is 23.5. The summed E-state index contributed by atoms with van der Waals surface area (Å²) in [5.74, 6) is 0.539. The van der Waals surface area contributed by atoms with Gasteiger partial charge in [-0.3, -0.25) is 9.78 Å². The number of benzene rings is 1. The monoisotopic (exact) mass is 441 g/mol. The fourth-order valence-corrected chi connectivity index (χ4v) is 3.64. The number of hydrogen-bond donors (Lipinski definition) is 1. The van der Waals surface area contributed by atoms with Crippen molar-refractivity contribution in [2.45, 2.75) is 33.4 Å². The molecule has 0 saturated carbocycles. The molecule has 0 aliphatic carbocycles. The third-order valence-electron chi connectivity index (χ3n) is 5.47. The van der Waals surface area contributed by atoms with Gasteiger partial charge in [-0.25, -0.2) is 4.98 Å². The Morgan fingerprint density at radius 1 is 1.15 bits per heavy atom. The van der Waals surface area contributed by atoms with E-state index < -0.39 is 0 Å². The standard InChI is InChI=1S/C26H27N5O2/c1-6-19-11-21(15-31(16(2)3)26(19)32)23-14-28-17(4)25(29-23)24-12-22(30-33-24)20-9-7-18(8-10-20)13-27-5/h6-12,14-16,27H,1,13H2,2-5H3. The fraction of sp³-hybridized carbons (Fsp3) is 0.231. The molecule has 0 aliphatic heterocycles. The molecule has 7 heteroatoms. The average molecular weight is 442 g/mol. The van der Waals surface area contributed by atoms with Gasteiger partial charge in [-0.2, -0.15) is 0 Å². The van der Waals surface area contributed by atoms with Gasteiger partial charge in [0, 0.05) is 41.5 Å². The molecule has 3 aromatic heterocycles. The van der Waals surface area contributed by atoms with Gasteiger partial charge in [-0.05, 0) is 39.4 Å². The molecule has 0 aliphatic rings. The maximum Gasteiger partial charge on any atom is 0.258 e. The largest absolute Gasteiger partial charge is 0.354 e. The van der Waals surface area contributed by atoms with E-state index in [1.165, 1.54) is 5.56 Å². The number of aryl methyl sites for hydroxylation is 1. The summed E-state index contributed by atoms with van der Waals surface area (Å²) in [5, 5.41) is 7.38. The molecular formula is C26H27N5O2. The van der Waals surface area contributed by atoms with Gasteiger partial charge in [0.25, 0.3) is 5.56 Å². The number of nitrogens with one attached hydrogen (secondary N) is 1. The Bertz CT molecular complexity index is 1350. The third kappa shape index (κ3) is 4.54. The van der Waals surface area contributed by atoms with E-state index >= 15 is 0 Å². The quantitative estimate of drug-likeness (QED) is 0.440. The molecule has 1 N–H and O–H groups in total. The first-order valence-corrected chi connectivity index (χ1v) is 10.8. The molecule has 33 heavy (non-hydrogen) atoms. The zero-order valence-electron chi connectivity index (χ0n) is 19.3. The molecule has 0 spiro atoms. The van der Waals surface area contributed by atoms with Gasteiger partial charge >= 0.3 is 0 Å². The van der Waals surface area contributed by atoms with Crippen LogP contribution in [0, 0.1) is 6.92 Å². The van der Waals surface area contributed by atoms with Crippen LogP contribution in [-0.2, 0) is 6.54 Å². The first kappa shape index (κ1) is 22.4. The second-order valence-corrected chi connectivity index (χ2v) is 8.19. The topological polar surface area (TPSA) is 85.8 Å². The molecule has 168 valence electrons. The predicted molar refractivity (Wildman–Crippen MR) is 131 cm³/mol. The van der Waals surface area contributed by atoms with Crippen LogP contribution in [0.25, 0.3) is 40.0 Å². The van der Waals surface area contributed by atoms with E-state index in [1.54, 1.807) is 22.9 Å². The van der Waals surface area contributed by atoms with Crippen molar-refractivity contribution in [2.24, 2.45) is 0 Å². The van der Waals surface area contributed by atoms with Crippen molar-refractivity contribution in [3.8, 4) is 34.0 Å². The Kier molecular flexibility index (Phi) is 6.33. The lowest BCUT2D eigenvalue weighted by Crippen LogP contribution is -2.23. The lowest BCUT2D eigenvalue weighted by molar-refractivity contribution is 0.433. The molecular weight excluding hydrogens is 414 g/mol. The summed E-state index contributed by atoms with van der Waals surface area (Å²) in [6.45, 7) is 10.4. The number of hydrogen-bond acceptors (Lipinski definition) is 6. The molecule has 0 amide bonds. The van der Waals surface area contributed by atoms with Crippen LogP contribution < -0.4 is 10.9 Å². The molecule has 0 radical (unpaired) electrons. The summed E-state index contributed by atoms with van der Waals surface area (Å²) in [4.78, 5) is 21.9. The Morgan fingerprint density at radius 3 is 2.58 bits per heavy atom. The van der Waals surface area contributed by atoms with E-state index in [1.807, 2.05) is 52.2 Å². The van der Waals surface area contributed by atoms with Crippen LogP contribution in [0.1, 0.15) is 36.7 Å². The Hall–Kier alpha value is -3.84. The lowest BCUT2D eigenvalue weighted by Gasteiger charge is -2.13. The van der Waals surface area contributed by atoms with Crippen LogP contribution in [0.15, 0.2) is 64.7 Å². The minimum atomic E-state index is -0.0790. The van der Waals surface area contributed by atoms with Gasteiger partial charge in [-0.15, -0.1) is 0 Å². The Balaban J connectivity index is 1.73. The van der Waals surface area contributed by atoms with Gasteiger partial charge in [0.05, 0.1) is 17.6 Å². The summed E-state index contributed by atoms with van der Waals surface area (Å²) in [5.41, 5.74) is 6.10. The SMILES string of the molecule is C=Cc1cc(-c2cnc(C)c(-c3cc(-c4ccc(CNC)cc4)no3)n2)cn(C(C)C)c1=O. The van der Waals surface area contributed by atoms with Crippen LogP contribution in [0.5, 0.6) is 0 Å². The molecule has 0 unspecified atom stereocenters. The van der Waals surface area contributed by atoms with Gasteiger partial charge in [0.2, 0.25) is 0 Å². The highest BCUT2D eigenvalue weighted by Gasteiger charge is 2.16. The van der Waals surface area contributed by atoms with E-state index in [4.69, 9.17) is 9.51 Å². The van der Waals surface area contributed by atoms with E-state index in [9.17, 15) is 4.79 Å².